The molecular formula is C15H17N2O5S-. The van der Waals surface area contributed by atoms with Crippen LogP contribution in [0.25, 0.3) is 0 Å². The van der Waals surface area contributed by atoms with E-state index in [1.807, 2.05) is 11.8 Å². The molecule has 1 aliphatic carbocycles. The van der Waals surface area contributed by atoms with E-state index in [2.05, 4.69) is 5.43 Å². The smallest absolute Gasteiger partial charge is 0.257 e. The molecule has 2 rings (SSSR count). The van der Waals surface area contributed by atoms with Crippen molar-refractivity contribution in [3.63, 3.8) is 0 Å². The molecular weight excluding hydrogens is 320 g/mol. The Morgan fingerprint density at radius 1 is 1.09 bits per heavy atom. The van der Waals surface area contributed by atoms with Crippen LogP contribution in [0.4, 0.5) is 0 Å². The Balaban J connectivity index is 2.04. The summed E-state index contributed by atoms with van der Waals surface area (Å²) in [5.41, 5.74) is 2.99. The molecule has 23 heavy (non-hydrogen) atoms. The molecule has 7 nitrogen and oxygen atoms in total. The summed E-state index contributed by atoms with van der Waals surface area (Å²) >= 11 is 0. The van der Waals surface area contributed by atoms with Gasteiger partial charge in [0.15, 0.2) is 0 Å². The van der Waals surface area contributed by atoms with Gasteiger partial charge in [0.2, 0.25) is 5.91 Å². The predicted octanol–water partition coefficient (Wildman–Crippen LogP) is -0.363. The summed E-state index contributed by atoms with van der Waals surface area (Å²) in [4.78, 5) is 25.1. The highest BCUT2D eigenvalue weighted by molar-refractivity contribution is 7.89. The van der Waals surface area contributed by atoms with Gasteiger partial charge >= 0.3 is 0 Å². The molecule has 124 valence electrons. The molecule has 0 radical (unpaired) electrons. The number of nitrogens with one attached hydrogen (secondary N) is 2. The molecule has 0 saturated heterocycles. The van der Waals surface area contributed by atoms with E-state index in [9.17, 15) is 23.1 Å². The molecule has 0 heterocycles. The van der Waals surface area contributed by atoms with Gasteiger partial charge in [0.1, 0.15) is 0 Å². The average molecular weight is 337 g/mol. The summed E-state index contributed by atoms with van der Waals surface area (Å²) in [6, 6.07) is 6.09. The van der Waals surface area contributed by atoms with Crippen LogP contribution in [0.2, 0.25) is 0 Å². The van der Waals surface area contributed by atoms with Gasteiger partial charge in [-0.3, -0.25) is 10.2 Å². The second kappa shape index (κ2) is 6.93. The number of aliphatic carboxylic acids is 1. The number of carbonyl (C=O) groups excluding carboxylic acids is 2. The van der Waals surface area contributed by atoms with Crippen molar-refractivity contribution < 1.29 is 23.1 Å². The van der Waals surface area contributed by atoms with E-state index in [0.717, 1.165) is 5.56 Å². The summed E-state index contributed by atoms with van der Waals surface area (Å²) in [6.07, 6.45) is 3.76. The minimum absolute atomic E-state index is 0.00314. The maximum absolute atomic E-state index is 12.1. The van der Waals surface area contributed by atoms with Crippen LogP contribution in [0.3, 0.4) is 0 Å². The number of benzene rings is 1. The number of hydrogen-bond acceptors (Lipinski definition) is 5. The highest BCUT2D eigenvalue weighted by Crippen LogP contribution is 2.25. The molecule has 0 unspecified atom stereocenters. The van der Waals surface area contributed by atoms with Crippen molar-refractivity contribution in [1.29, 1.82) is 0 Å². The SMILES string of the molecule is Cc1ccc(S(=O)(=O)NNC(=O)[C@H]2CC=CC[C@@H]2C(=O)[O-])cc1. The quantitative estimate of drug-likeness (QED) is 0.562. The summed E-state index contributed by atoms with van der Waals surface area (Å²) in [5, 5.41) is 11.1. The van der Waals surface area contributed by atoms with Gasteiger partial charge in [-0.2, -0.15) is 0 Å². The van der Waals surface area contributed by atoms with E-state index >= 15 is 0 Å². The first-order valence-corrected chi connectivity index (χ1v) is 8.54. The van der Waals surface area contributed by atoms with Crippen LogP contribution < -0.4 is 15.4 Å². The van der Waals surface area contributed by atoms with Crippen molar-refractivity contribution in [1.82, 2.24) is 10.3 Å². The van der Waals surface area contributed by atoms with Crippen molar-refractivity contribution in [3.05, 3.63) is 42.0 Å². The molecule has 0 aromatic heterocycles. The Morgan fingerprint density at radius 3 is 2.22 bits per heavy atom. The number of carboxylic acids is 1. The lowest BCUT2D eigenvalue weighted by Crippen LogP contribution is -2.49. The summed E-state index contributed by atoms with van der Waals surface area (Å²) in [5.74, 6) is -3.86. The molecule has 1 aliphatic rings. The fourth-order valence-electron chi connectivity index (χ4n) is 2.35. The van der Waals surface area contributed by atoms with Crippen LogP contribution >= 0.6 is 0 Å². The first-order valence-electron chi connectivity index (χ1n) is 7.05. The Morgan fingerprint density at radius 2 is 1.65 bits per heavy atom. The minimum atomic E-state index is -3.91. The van der Waals surface area contributed by atoms with Crippen LogP contribution in [0.1, 0.15) is 18.4 Å². The molecule has 0 aliphatic heterocycles. The highest BCUT2D eigenvalue weighted by atomic mass is 32.2. The molecule has 0 bridgehead atoms. The van der Waals surface area contributed by atoms with E-state index in [1.165, 1.54) is 12.1 Å². The number of rotatable bonds is 5. The van der Waals surface area contributed by atoms with E-state index in [-0.39, 0.29) is 17.7 Å². The van der Waals surface area contributed by atoms with E-state index in [4.69, 9.17) is 0 Å². The van der Waals surface area contributed by atoms with Gasteiger partial charge in [-0.1, -0.05) is 29.8 Å². The first-order chi connectivity index (χ1) is 10.8. The fraction of sp³-hybridized carbons (Fsp3) is 0.333. The maximum Gasteiger partial charge on any atom is 0.257 e. The Hall–Kier alpha value is -2.19. The Bertz CT molecular complexity index is 725. The van der Waals surface area contributed by atoms with Gasteiger partial charge < -0.3 is 9.90 Å². The molecule has 2 N–H and O–H groups in total. The molecule has 1 aromatic carbocycles. The number of hydrazine groups is 1. The second-order valence-corrected chi connectivity index (χ2v) is 7.07. The lowest BCUT2D eigenvalue weighted by atomic mass is 9.82. The first kappa shape index (κ1) is 17.2. The number of sulfonamides is 1. The lowest BCUT2D eigenvalue weighted by Gasteiger charge is -2.28. The zero-order valence-electron chi connectivity index (χ0n) is 12.5. The van der Waals surface area contributed by atoms with Crippen molar-refractivity contribution in [3.8, 4) is 0 Å². The Labute approximate surface area is 134 Å². The van der Waals surface area contributed by atoms with Gasteiger partial charge in [0.05, 0.1) is 10.8 Å². The van der Waals surface area contributed by atoms with Crippen LogP contribution in [-0.4, -0.2) is 20.3 Å². The molecule has 0 fully saturated rings. The lowest BCUT2D eigenvalue weighted by molar-refractivity contribution is -0.313. The van der Waals surface area contributed by atoms with Crippen LogP contribution in [0.5, 0.6) is 0 Å². The largest absolute Gasteiger partial charge is 0.550 e. The summed E-state index contributed by atoms with van der Waals surface area (Å²) < 4.78 is 24.2. The van der Waals surface area contributed by atoms with Crippen molar-refractivity contribution in [2.75, 3.05) is 0 Å². The van der Waals surface area contributed by atoms with Crippen LogP contribution in [-0.2, 0) is 19.6 Å². The summed E-state index contributed by atoms with van der Waals surface area (Å²) in [6.45, 7) is 1.82. The van der Waals surface area contributed by atoms with Crippen LogP contribution in [0.15, 0.2) is 41.3 Å². The normalized spacial score (nSPS) is 20.9. The van der Waals surface area contributed by atoms with E-state index < -0.39 is 33.7 Å². The number of amides is 1. The molecule has 0 spiro atoms. The number of hydrogen-bond donors (Lipinski definition) is 2. The zero-order chi connectivity index (χ0) is 17.0. The third-order valence-electron chi connectivity index (χ3n) is 3.71. The molecule has 2 atom stereocenters. The topological polar surface area (TPSA) is 115 Å². The fourth-order valence-corrected chi connectivity index (χ4v) is 3.20. The molecule has 8 heteroatoms. The van der Waals surface area contributed by atoms with Gasteiger partial charge in [-0.05, 0) is 31.9 Å². The van der Waals surface area contributed by atoms with Crippen molar-refractivity contribution in [2.24, 2.45) is 11.8 Å². The van der Waals surface area contributed by atoms with Crippen LogP contribution in [0, 0.1) is 18.8 Å². The molecule has 1 amide bonds. The van der Waals surface area contributed by atoms with Gasteiger partial charge in [-0.15, -0.1) is 4.83 Å². The monoisotopic (exact) mass is 337 g/mol. The second-order valence-electron chi connectivity index (χ2n) is 5.38. The van der Waals surface area contributed by atoms with Crippen molar-refractivity contribution in [2.45, 2.75) is 24.7 Å². The predicted molar refractivity (Wildman–Crippen MR) is 80.0 cm³/mol. The Kier molecular flexibility index (Phi) is 5.17. The highest BCUT2D eigenvalue weighted by Gasteiger charge is 2.30. The third kappa shape index (κ3) is 4.17. The van der Waals surface area contributed by atoms with Gasteiger partial charge in [0, 0.05) is 11.9 Å². The molecule has 0 saturated carbocycles. The number of carbonyl (C=O) groups is 2. The van der Waals surface area contributed by atoms with Gasteiger partial charge in [-0.25, -0.2) is 8.42 Å². The van der Waals surface area contributed by atoms with E-state index in [0.29, 0.717) is 0 Å². The number of carboxylic acid groups (broad SMARTS) is 1. The van der Waals surface area contributed by atoms with E-state index in [1.54, 1.807) is 24.3 Å². The molecule has 1 aromatic rings. The zero-order valence-corrected chi connectivity index (χ0v) is 13.3. The standard InChI is InChI=1S/C15H18N2O5S/c1-10-6-8-11(9-7-10)23(21,22)17-16-14(18)12-4-2-3-5-13(12)15(19)20/h2-3,6-9,12-13,17H,4-5H2,1H3,(H,16,18)(H,19,20)/p-1/t12-,13-/m0/s1. The van der Waals surface area contributed by atoms with Crippen molar-refractivity contribution >= 4 is 21.9 Å². The summed E-state index contributed by atoms with van der Waals surface area (Å²) in [7, 11) is -3.91. The minimum Gasteiger partial charge on any atom is -0.550 e. The average Bonchev–Trinajstić information content (AvgIpc) is 2.53. The third-order valence-corrected chi connectivity index (χ3v) is 4.98. The number of allylic oxidation sites excluding steroid dienone is 2. The number of aryl methyl sites for hydroxylation is 1. The maximum atomic E-state index is 12.1. The van der Waals surface area contributed by atoms with Gasteiger partial charge in [0.25, 0.3) is 10.0 Å².